The zero-order chi connectivity index (χ0) is 14.0. The maximum Gasteiger partial charge on any atom is 0.337 e. The molecule has 6 heteroatoms. The van der Waals surface area contributed by atoms with Gasteiger partial charge in [0.1, 0.15) is 5.76 Å². The zero-order valence-corrected chi connectivity index (χ0v) is 10.1. The number of hydrogen-bond acceptors (Lipinski definition) is 4. The van der Waals surface area contributed by atoms with E-state index in [4.69, 9.17) is 15.3 Å². The Hall–Kier alpha value is -2.76. The van der Waals surface area contributed by atoms with Crippen molar-refractivity contribution in [3.63, 3.8) is 0 Å². The maximum absolute atomic E-state index is 12.0. The summed E-state index contributed by atoms with van der Waals surface area (Å²) in [6.45, 7) is 1.65. The van der Waals surface area contributed by atoms with E-state index in [1.807, 2.05) is 0 Å². The molecule has 0 aliphatic carbocycles. The highest BCUT2D eigenvalue weighted by atomic mass is 16.4. The topological polar surface area (TPSA) is 106 Å². The van der Waals surface area contributed by atoms with Gasteiger partial charge >= 0.3 is 5.97 Å². The number of nitrogens with two attached hydrogens (primary N) is 1. The second kappa shape index (κ2) is 4.85. The molecule has 4 N–H and O–H groups in total. The molecule has 2 aromatic rings. The molecule has 0 radical (unpaired) electrons. The van der Waals surface area contributed by atoms with Crippen molar-refractivity contribution in [2.24, 2.45) is 0 Å². The predicted molar refractivity (Wildman–Crippen MR) is 69.2 cm³/mol. The summed E-state index contributed by atoms with van der Waals surface area (Å²) >= 11 is 0. The number of aromatic carboxylic acids is 1. The first-order valence-corrected chi connectivity index (χ1v) is 5.47. The molecule has 0 unspecified atom stereocenters. The van der Waals surface area contributed by atoms with E-state index in [1.54, 1.807) is 6.92 Å². The molecule has 0 fully saturated rings. The van der Waals surface area contributed by atoms with E-state index in [1.165, 1.54) is 30.5 Å². The number of rotatable bonds is 3. The lowest BCUT2D eigenvalue weighted by atomic mass is 10.1. The van der Waals surface area contributed by atoms with E-state index < -0.39 is 11.9 Å². The minimum Gasteiger partial charge on any atom is -0.478 e. The highest BCUT2D eigenvalue weighted by molar-refractivity contribution is 6.08. The largest absolute Gasteiger partial charge is 0.478 e. The zero-order valence-electron chi connectivity index (χ0n) is 10.1. The minimum atomic E-state index is -1.14. The SMILES string of the molecule is Cc1occc1C(=O)Nc1cc(N)ccc1C(=O)O. The van der Waals surface area contributed by atoms with Crippen molar-refractivity contribution in [2.75, 3.05) is 11.1 Å². The average Bonchev–Trinajstić information content (AvgIpc) is 2.75. The first-order valence-electron chi connectivity index (χ1n) is 5.47. The number of hydrogen-bond donors (Lipinski definition) is 3. The maximum atomic E-state index is 12.0. The molecule has 1 aromatic carbocycles. The number of carbonyl (C=O) groups excluding carboxylic acids is 1. The van der Waals surface area contributed by atoms with Crippen LogP contribution in [0.15, 0.2) is 34.9 Å². The highest BCUT2D eigenvalue weighted by Crippen LogP contribution is 2.21. The number of furan rings is 1. The fourth-order valence-corrected chi connectivity index (χ4v) is 1.66. The van der Waals surface area contributed by atoms with Gasteiger partial charge in [0, 0.05) is 5.69 Å². The Balaban J connectivity index is 2.33. The van der Waals surface area contributed by atoms with Gasteiger partial charge in [0.05, 0.1) is 23.1 Å². The highest BCUT2D eigenvalue weighted by Gasteiger charge is 2.16. The summed E-state index contributed by atoms with van der Waals surface area (Å²) < 4.78 is 5.02. The van der Waals surface area contributed by atoms with Gasteiger partial charge in [-0.1, -0.05) is 0 Å². The first-order chi connectivity index (χ1) is 8.99. The van der Waals surface area contributed by atoms with Gasteiger partial charge in [-0.3, -0.25) is 4.79 Å². The smallest absolute Gasteiger partial charge is 0.337 e. The Bertz CT molecular complexity index is 646. The number of carbonyl (C=O) groups is 2. The minimum absolute atomic E-state index is 0.0244. The Morgan fingerprint density at radius 2 is 2.00 bits per heavy atom. The van der Waals surface area contributed by atoms with Gasteiger partial charge in [0.15, 0.2) is 0 Å². The third kappa shape index (κ3) is 2.57. The molecule has 0 atom stereocenters. The van der Waals surface area contributed by atoms with Crippen molar-refractivity contribution in [2.45, 2.75) is 6.92 Å². The van der Waals surface area contributed by atoms with Crippen LogP contribution in [-0.2, 0) is 0 Å². The summed E-state index contributed by atoms with van der Waals surface area (Å²) in [5.41, 5.74) is 6.43. The van der Waals surface area contributed by atoms with E-state index in [2.05, 4.69) is 5.32 Å². The molecule has 0 spiro atoms. The van der Waals surface area contributed by atoms with E-state index in [0.29, 0.717) is 17.0 Å². The van der Waals surface area contributed by atoms with Gasteiger partial charge in [-0.2, -0.15) is 0 Å². The standard InChI is InChI=1S/C13H12N2O4/c1-7-9(4-5-19-7)12(16)15-11-6-8(14)2-3-10(11)13(17)18/h2-6H,14H2,1H3,(H,15,16)(H,17,18). The van der Waals surface area contributed by atoms with Crippen molar-refractivity contribution in [1.82, 2.24) is 0 Å². The van der Waals surface area contributed by atoms with Gasteiger partial charge in [0.2, 0.25) is 0 Å². The Morgan fingerprint density at radius 1 is 1.26 bits per heavy atom. The number of amides is 1. The molecule has 0 aliphatic rings. The average molecular weight is 260 g/mol. The Labute approximate surface area is 108 Å². The lowest BCUT2D eigenvalue weighted by Crippen LogP contribution is -2.15. The third-order valence-corrected chi connectivity index (χ3v) is 2.63. The summed E-state index contributed by atoms with van der Waals surface area (Å²) in [6.07, 6.45) is 1.39. The van der Waals surface area contributed by atoms with E-state index in [9.17, 15) is 9.59 Å². The number of nitrogens with one attached hydrogen (secondary N) is 1. The van der Waals surface area contributed by atoms with Gasteiger partial charge in [-0.05, 0) is 31.2 Å². The fourth-order valence-electron chi connectivity index (χ4n) is 1.66. The van der Waals surface area contributed by atoms with Gasteiger partial charge in [-0.15, -0.1) is 0 Å². The Kier molecular flexibility index (Phi) is 3.24. The molecule has 98 valence electrons. The van der Waals surface area contributed by atoms with Gasteiger partial charge in [-0.25, -0.2) is 4.79 Å². The summed E-state index contributed by atoms with van der Waals surface area (Å²) in [6, 6.07) is 5.71. The van der Waals surface area contributed by atoms with Crippen LogP contribution in [0.25, 0.3) is 0 Å². The molecule has 6 nitrogen and oxygen atoms in total. The van der Waals surface area contributed by atoms with Crippen LogP contribution in [0, 0.1) is 6.92 Å². The van der Waals surface area contributed by atoms with E-state index in [0.717, 1.165) is 0 Å². The number of benzene rings is 1. The molecular formula is C13H12N2O4. The normalized spacial score (nSPS) is 10.2. The molecule has 1 heterocycles. The van der Waals surface area contributed by atoms with Crippen LogP contribution in [-0.4, -0.2) is 17.0 Å². The quantitative estimate of drug-likeness (QED) is 0.733. The van der Waals surface area contributed by atoms with Crippen LogP contribution >= 0.6 is 0 Å². The molecule has 0 aliphatic heterocycles. The van der Waals surface area contributed by atoms with Crippen LogP contribution in [0.5, 0.6) is 0 Å². The van der Waals surface area contributed by atoms with Crippen molar-refractivity contribution in [1.29, 1.82) is 0 Å². The number of nitrogen functional groups attached to an aromatic ring is 1. The van der Waals surface area contributed by atoms with Crippen molar-refractivity contribution >= 4 is 23.3 Å². The number of carboxylic acids is 1. The Morgan fingerprint density at radius 3 is 2.58 bits per heavy atom. The number of anilines is 2. The van der Waals surface area contributed by atoms with Gasteiger partial charge < -0.3 is 20.6 Å². The second-order valence-corrected chi connectivity index (χ2v) is 3.95. The molecule has 1 aromatic heterocycles. The molecule has 0 saturated carbocycles. The molecule has 19 heavy (non-hydrogen) atoms. The van der Waals surface area contributed by atoms with Crippen LogP contribution in [0.2, 0.25) is 0 Å². The number of carboxylic acid groups (broad SMARTS) is 1. The van der Waals surface area contributed by atoms with Crippen LogP contribution in [0.1, 0.15) is 26.5 Å². The summed E-state index contributed by atoms with van der Waals surface area (Å²) in [5.74, 6) is -1.13. The predicted octanol–water partition coefficient (Wildman–Crippen LogP) is 2.12. The van der Waals surface area contributed by atoms with Gasteiger partial charge in [0.25, 0.3) is 5.91 Å². The fraction of sp³-hybridized carbons (Fsp3) is 0.0769. The van der Waals surface area contributed by atoms with Crippen molar-refractivity contribution < 1.29 is 19.1 Å². The van der Waals surface area contributed by atoms with E-state index >= 15 is 0 Å². The molecule has 0 saturated heterocycles. The van der Waals surface area contributed by atoms with Crippen LogP contribution in [0.4, 0.5) is 11.4 Å². The third-order valence-electron chi connectivity index (χ3n) is 2.63. The monoisotopic (exact) mass is 260 g/mol. The van der Waals surface area contributed by atoms with E-state index in [-0.39, 0.29) is 11.3 Å². The lowest BCUT2D eigenvalue weighted by molar-refractivity contribution is 0.0698. The summed E-state index contributed by atoms with van der Waals surface area (Å²) in [5, 5.41) is 11.6. The van der Waals surface area contributed by atoms with Crippen molar-refractivity contribution in [3.8, 4) is 0 Å². The van der Waals surface area contributed by atoms with Crippen LogP contribution in [0.3, 0.4) is 0 Å². The number of aryl methyl sites for hydroxylation is 1. The summed E-state index contributed by atoms with van der Waals surface area (Å²) in [4.78, 5) is 23.0. The molecule has 2 rings (SSSR count). The first kappa shape index (κ1) is 12.7. The lowest BCUT2D eigenvalue weighted by Gasteiger charge is -2.08. The van der Waals surface area contributed by atoms with Crippen molar-refractivity contribution in [3.05, 3.63) is 47.4 Å². The second-order valence-electron chi connectivity index (χ2n) is 3.95. The summed E-state index contributed by atoms with van der Waals surface area (Å²) in [7, 11) is 0. The molecular weight excluding hydrogens is 248 g/mol. The molecule has 1 amide bonds. The molecule has 0 bridgehead atoms. The van der Waals surface area contributed by atoms with Crippen LogP contribution < -0.4 is 11.1 Å².